The molecule has 2 heterocycles. The van der Waals surface area contributed by atoms with Crippen LogP contribution in [0.2, 0.25) is 10.2 Å². The summed E-state index contributed by atoms with van der Waals surface area (Å²) in [6.45, 7) is 4.91. The van der Waals surface area contributed by atoms with Crippen LogP contribution in [0.25, 0.3) is 0 Å². The van der Waals surface area contributed by atoms with Crippen LogP contribution in [-0.4, -0.2) is 65.4 Å². The average molecular weight is 436 g/mol. The number of pyridine rings is 1. The molecule has 2 amide bonds. The molecule has 2 aromatic rings. The fourth-order valence-corrected chi connectivity index (χ4v) is 3.50. The van der Waals surface area contributed by atoms with E-state index in [-0.39, 0.29) is 29.6 Å². The van der Waals surface area contributed by atoms with Crippen LogP contribution in [0.1, 0.15) is 6.92 Å². The predicted octanol–water partition coefficient (Wildman–Crippen LogP) is 2.97. The van der Waals surface area contributed by atoms with Gasteiger partial charge in [-0.25, -0.2) is 4.98 Å². The fraction of sp³-hybridized carbons (Fsp3) is 0.350. The Morgan fingerprint density at radius 1 is 1.03 bits per heavy atom. The largest absolute Gasteiger partial charge is 0.324 e. The molecule has 1 saturated heterocycles. The number of anilines is 2. The zero-order valence-electron chi connectivity index (χ0n) is 16.1. The molecule has 0 saturated carbocycles. The minimum absolute atomic E-state index is 0.108. The Hall–Kier alpha value is -2.19. The van der Waals surface area contributed by atoms with Gasteiger partial charge in [-0.3, -0.25) is 19.4 Å². The molecule has 0 aliphatic carbocycles. The molecular formula is C20H23Cl2N5O2. The van der Waals surface area contributed by atoms with Crippen molar-refractivity contribution in [1.29, 1.82) is 0 Å². The number of halogens is 2. The van der Waals surface area contributed by atoms with Crippen molar-refractivity contribution >= 4 is 46.4 Å². The number of rotatable bonds is 6. The molecule has 7 nitrogen and oxygen atoms in total. The smallest absolute Gasteiger partial charge is 0.241 e. The van der Waals surface area contributed by atoms with Gasteiger partial charge in [-0.2, -0.15) is 0 Å². The molecule has 0 radical (unpaired) electrons. The number of para-hydroxylation sites is 1. The maximum atomic E-state index is 12.5. The van der Waals surface area contributed by atoms with Gasteiger partial charge in [-0.05, 0) is 31.2 Å². The van der Waals surface area contributed by atoms with Crippen molar-refractivity contribution in [2.45, 2.75) is 13.0 Å². The standard InChI is InChI=1S/C20H23Cl2N5O2/c1-14(20(29)25-17-7-4-8-23-19(17)22)27-11-9-26(10-12-27)13-18(28)24-16-6-3-2-5-15(16)21/h2-8,14H,9-13H2,1H3,(H,24,28)(H,25,29). The summed E-state index contributed by atoms with van der Waals surface area (Å²) >= 11 is 12.1. The third kappa shape index (κ3) is 5.90. The van der Waals surface area contributed by atoms with Crippen LogP contribution in [0.3, 0.4) is 0 Å². The zero-order valence-corrected chi connectivity index (χ0v) is 17.6. The number of carbonyl (C=O) groups is 2. The second-order valence-electron chi connectivity index (χ2n) is 6.85. The van der Waals surface area contributed by atoms with Gasteiger partial charge in [0, 0.05) is 32.4 Å². The number of benzene rings is 1. The molecular weight excluding hydrogens is 413 g/mol. The van der Waals surface area contributed by atoms with E-state index in [1.165, 1.54) is 0 Å². The normalized spacial score (nSPS) is 16.2. The lowest BCUT2D eigenvalue weighted by atomic mass is 10.2. The Labute approximate surface area is 180 Å². The maximum Gasteiger partial charge on any atom is 0.241 e. The van der Waals surface area contributed by atoms with Gasteiger partial charge in [0.1, 0.15) is 0 Å². The molecule has 9 heteroatoms. The maximum absolute atomic E-state index is 12.5. The van der Waals surface area contributed by atoms with E-state index >= 15 is 0 Å². The Morgan fingerprint density at radius 3 is 2.41 bits per heavy atom. The predicted molar refractivity (Wildman–Crippen MR) is 115 cm³/mol. The summed E-state index contributed by atoms with van der Waals surface area (Å²) < 4.78 is 0. The van der Waals surface area contributed by atoms with Crippen molar-refractivity contribution in [3.63, 3.8) is 0 Å². The molecule has 3 rings (SSSR count). The molecule has 1 unspecified atom stereocenters. The summed E-state index contributed by atoms with van der Waals surface area (Å²) in [7, 11) is 0. The number of nitrogens with zero attached hydrogens (tertiary/aromatic N) is 3. The SMILES string of the molecule is CC(C(=O)Nc1cccnc1Cl)N1CCN(CC(=O)Nc2ccccc2Cl)CC1. The lowest BCUT2D eigenvalue weighted by Gasteiger charge is -2.37. The Kier molecular flexibility index (Phi) is 7.44. The lowest BCUT2D eigenvalue weighted by Crippen LogP contribution is -2.53. The number of hydrogen-bond donors (Lipinski definition) is 2. The highest BCUT2D eigenvalue weighted by Crippen LogP contribution is 2.21. The molecule has 1 aliphatic heterocycles. The molecule has 2 N–H and O–H groups in total. The summed E-state index contributed by atoms with van der Waals surface area (Å²) in [5, 5.41) is 6.43. The van der Waals surface area contributed by atoms with Gasteiger partial charge >= 0.3 is 0 Å². The molecule has 0 spiro atoms. The molecule has 1 aliphatic rings. The lowest BCUT2D eigenvalue weighted by molar-refractivity contribution is -0.122. The number of aromatic nitrogens is 1. The topological polar surface area (TPSA) is 77.6 Å². The van der Waals surface area contributed by atoms with Crippen LogP contribution in [-0.2, 0) is 9.59 Å². The van der Waals surface area contributed by atoms with Crippen molar-refractivity contribution in [3.8, 4) is 0 Å². The van der Waals surface area contributed by atoms with Crippen LogP contribution < -0.4 is 10.6 Å². The van der Waals surface area contributed by atoms with E-state index in [0.717, 1.165) is 0 Å². The quantitative estimate of drug-likeness (QED) is 0.681. The molecule has 1 fully saturated rings. The van der Waals surface area contributed by atoms with Gasteiger partial charge in [0.25, 0.3) is 0 Å². The van der Waals surface area contributed by atoms with Crippen molar-refractivity contribution in [2.75, 3.05) is 43.4 Å². The second-order valence-corrected chi connectivity index (χ2v) is 7.61. The van der Waals surface area contributed by atoms with E-state index < -0.39 is 0 Å². The summed E-state index contributed by atoms with van der Waals surface area (Å²) in [5.41, 5.74) is 1.11. The van der Waals surface area contributed by atoms with E-state index in [1.807, 2.05) is 19.1 Å². The number of nitrogens with one attached hydrogen (secondary N) is 2. The summed E-state index contributed by atoms with van der Waals surface area (Å²) in [4.78, 5) is 32.9. The fourth-order valence-electron chi connectivity index (χ4n) is 3.15. The zero-order chi connectivity index (χ0) is 20.8. The van der Waals surface area contributed by atoms with Crippen LogP contribution in [0.5, 0.6) is 0 Å². The molecule has 1 aromatic heterocycles. The number of amides is 2. The number of carbonyl (C=O) groups excluding carboxylic acids is 2. The Balaban J connectivity index is 1.46. The second kappa shape index (κ2) is 10.0. The van der Waals surface area contributed by atoms with Gasteiger partial charge in [0.2, 0.25) is 11.8 Å². The minimum atomic E-state index is -0.314. The van der Waals surface area contributed by atoms with Crippen LogP contribution in [0.15, 0.2) is 42.6 Å². The minimum Gasteiger partial charge on any atom is -0.324 e. The summed E-state index contributed by atoms with van der Waals surface area (Å²) in [6.07, 6.45) is 1.57. The van der Waals surface area contributed by atoms with Gasteiger partial charge in [-0.1, -0.05) is 35.3 Å². The number of hydrogen-bond acceptors (Lipinski definition) is 5. The first kappa shape index (κ1) is 21.5. The first-order valence-corrected chi connectivity index (χ1v) is 10.1. The first-order chi connectivity index (χ1) is 13.9. The summed E-state index contributed by atoms with van der Waals surface area (Å²) in [6, 6.07) is 10.3. The van der Waals surface area contributed by atoms with Crippen molar-refractivity contribution in [3.05, 3.63) is 52.8 Å². The highest BCUT2D eigenvalue weighted by Gasteiger charge is 2.26. The van der Waals surface area contributed by atoms with Gasteiger partial charge in [-0.15, -0.1) is 0 Å². The highest BCUT2D eigenvalue weighted by molar-refractivity contribution is 6.33. The van der Waals surface area contributed by atoms with Gasteiger partial charge in [0.15, 0.2) is 5.15 Å². The average Bonchev–Trinajstić information content (AvgIpc) is 2.71. The molecule has 154 valence electrons. The van der Waals surface area contributed by atoms with E-state index in [2.05, 4.69) is 25.4 Å². The van der Waals surface area contributed by atoms with Crippen molar-refractivity contribution in [1.82, 2.24) is 14.8 Å². The first-order valence-electron chi connectivity index (χ1n) is 9.36. The summed E-state index contributed by atoms with van der Waals surface area (Å²) in [5.74, 6) is -0.242. The van der Waals surface area contributed by atoms with Crippen molar-refractivity contribution in [2.24, 2.45) is 0 Å². The third-order valence-corrected chi connectivity index (χ3v) is 5.50. The molecule has 0 bridgehead atoms. The van der Waals surface area contributed by atoms with Gasteiger partial charge < -0.3 is 10.6 Å². The van der Waals surface area contributed by atoms with Gasteiger partial charge in [0.05, 0.1) is 29.0 Å². The van der Waals surface area contributed by atoms with Crippen molar-refractivity contribution < 1.29 is 9.59 Å². The van der Waals surface area contributed by atoms with E-state index in [0.29, 0.717) is 42.6 Å². The monoisotopic (exact) mass is 435 g/mol. The van der Waals surface area contributed by atoms with E-state index in [1.54, 1.807) is 30.5 Å². The molecule has 29 heavy (non-hydrogen) atoms. The molecule has 1 atom stereocenters. The molecule has 1 aromatic carbocycles. The Bertz CT molecular complexity index is 871. The Morgan fingerprint density at radius 2 is 1.72 bits per heavy atom. The van der Waals surface area contributed by atoms with E-state index in [9.17, 15) is 9.59 Å². The van der Waals surface area contributed by atoms with Crippen LogP contribution >= 0.6 is 23.2 Å². The third-order valence-electron chi connectivity index (χ3n) is 4.87. The van der Waals surface area contributed by atoms with E-state index in [4.69, 9.17) is 23.2 Å². The highest BCUT2D eigenvalue weighted by atomic mass is 35.5. The number of piperazine rings is 1. The van der Waals surface area contributed by atoms with Crippen LogP contribution in [0, 0.1) is 0 Å². The van der Waals surface area contributed by atoms with Crippen LogP contribution in [0.4, 0.5) is 11.4 Å².